The second-order valence-corrected chi connectivity index (χ2v) is 5.05. The summed E-state index contributed by atoms with van der Waals surface area (Å²) in [6.45, 7) is 6.16. The number of benzene rings is 1. The molecule has 1 fully saturated rings. The van der Waals surface area contributed by atoms with Crippen LogP contribution in [0.15, 0.2) is 24.3 Å². The molecular weight excluding hydrogens is 252 g/mol. The highest BCUT2D eigenvalue weighted by Crippen LogP contribution is 2.26. The van der Waals surface area contributed by atoms with Gasteiger partial charge in [-0.15, -0.1) is 10.2 Å². The summed E-state index contributed by atoms with van der Waals surface area (Å²) in [6, 6.07) is 8.82. The molecule has 0 saturated carbocycles. The summed E-state index contributed by atoms with van der Waals surface area (Å²) >= 11 is 0. The molecule has 0 amide bonds. The second kappa shape index (κ2) is 6.11. The number of piperazine rings is 1. The van der Waals surface area contributed by atoms with E-state index < -0.39 is 0 Å². The van der Waals surface area contributed by atoms with Gasteiger partial charge in [-0.3, -0.25) is 4.90 Å². The minimum Gasteiger partial charge on any atom is -0.314 e. The summed E-state index contributed by atoms with van der Waals surface area (Å²) in [4.78, 5) is 2.41. The lowest BCUT2D eigenvalue weighted by molar-refractivity contribution is 0.192. The van der Waals surface area contributed by atoms with Gasteiger partial charge in [0.05, 0.1) is 6.04 Å². The van der Waals surface area contributed by atoms with E-state index in [1.807, 2.05) is 0 Å². The molecule has 20 heavy (non-hydrogen) atoms. The molecule has 0 radical (unpaired) electrons. The van der Waals surface area contributed by atoms with Crippen molar-refractivity contribution in [3.63, 3.8) is 0 Å². The molecule has 106 valence electrons. The van der Waals surface area contributed by atoms with Crippen LogP contribution in [-0.2, 0) is 6.42 Å². The first-order valence-electron chi connectivity index (χ1n) is 7.15. The Kier molecular flexibility index (Phi) is 4.03. The topological polar surface area (TPSA) is 69.7 Å². The lowest BCUT2D eigenvalue weighted by atomic mass is 10.0. The third-order valence-electron chi connectivity index (χ3n) is 3.83. The molecule has 2 aromatic rings. The quantitative estimate of drug-likeness (QED) is 0.860. The minimum absolute atomic E-state index is 0.0850. The normalized spacial score (nSPS) is 18.1. The van der Waals surface area contributed by atoms with Crippen molar-refractivity contribution >= 4 is 0 Å². The number of H-pyrrole nitrogens is 1. The fraction of sp³-hybridized carbons (Fsp3) is 0.500. The summed E-state index contributed by atoms with van der Waals surface area (Å²) < 4.78 is 0. The average Bonchev–Trinajstić information content (AvgIpc) is 3.03. The number of nitrogens with zero attached hydrogens (tertiary/aromatic N) is 4. The van der Waals surface area contributed by atoms with Crippen molar-refractivity contribution < 1.29 is 0 Å². The highest BCUT2D eigenvalue weighted by molar-refractivity contribution is 5.28. The fourth-order valence-electron chi connectivity index (χ4n) is 2.68. The van der Waals surface area contributed by atoms with Gasteiger partial charge in [0.2, 0.25) is 0 Å². The van der Waals surface area contributed by atoms with E-state index in [1.54, 1.807) is 0 Å². The first kappa shape index (κ1) is 13.2. The van der Waals surface area contributed by atoms with Crippen LogP contribution in [0.4, 0.5) is 0 Å². The van der Waals surface area contributed by atoms with E-state index >= 15 is 0 Å². The first-order valence-corrected chi connectivity index (χ1v) is 7.15. The van der Waals surface area contributed by atoms with E-state index in [4.69, 9.17) is 0 Å². The molecule has 1 aromatic carbocycles. The zero-order valence-electron chi connectivity index (χ0n) is 11.7. The number of nitrogens with one attached hydrogen (secondary N) is 2. The number of rotatable bonds is 4. The molecule has 0 aliphatic carbocycles. The molecule has 6 heteroatoms. The van der Waals surface area contributed by atoms with Gasteiger partial charge in [0.15, 0.2) is 5.82 Å². The Hall–Kier alpha value is -1.79. The van der Waals surface area contributed by atoms with Crippen LogP contribution in [0.25, 0.3) is 0 Å². The molecular formula is C14H20N6. The molecule has 1 aromatic heterocycles. The second-order valence-electron chi connectivity index (χ2n) is 5.05. The average molecular weight is 272 g/mol. The molecule has 1 unspecified atom stereocenters. The van der Waals surface area contributed by atoms with Crippen LogP contribution >= 0.6 is 0 Å². The molecule has 0 bridgehead atoms. The number of aryl methyl sites for hydroxylation is 1. The monoisotopic (exact) mass is 272 g/mol. The zero-order chi connectivity index (χ0) is 13.8. The highest BCUT2D eigenvalue weighted by Gasteiger charge is 2.27. The SMILES string of the molecule is CCc1ccc(C(c2nn[nH]n2)N2CCNCC2)cc1. The largest absolute Gasteiger partial charge is 0.314 e. The Morgan fingerprint density at radius 1 is 1.20 bits per heavy atom. The van der Waals surface area contributed by atoms with E-state index in [9.17, 15) is 0 Å². The highest BCUT2D eigenvalue weighted by atomic mass is 15.5. The van der Waals surface area contributed by atoms with Crippen molar-refractivity contribution in [1.82, 2.24) is 30.8 Å². The van der Waals surface area contributed by atoms with Crippen LogP contribution in [-0.4, -0.2) is 51.7 Å². The van der Waals surface area contributed by atoms with Crippen LogP contribution in [0.3, 0.4) is 0 Å². The molecule has 1 atom stereocenters. The van der Waals surface area contributed by atoms with Gasteiger partial charge in [-0.05, 0) is 17.5 Å². The molecule has 0 spiro atoms. The molecule has 2 heterocycles. The molecule has 3 rings (SSSR count). The summed E-state index contributed by atoms with van der Waals surface area (Å²) in [7, 11) is 0. The van der Waals surface area contributed by atoms with Crippen molar-refractivity contribution in [2.45, 2.75) is 19.4 Å². The van der Waals surface area contributed by atoms with Crippen molar-refractivity contribution in [1.29, 1.82) is 0 Å². The Bertz CT molecular complexity index is 515. The van der Waals surface area contributed by atoms with E-state index in [1.165, 1.54) is 11.1 Å². The summed E-state index contributed by atoms with van der Waals surface area (Å²) in [5.74, 6) is 0.746. The Morgan fingerprint density at radius 2 is 1.95 bits per heavy atom. The standard InChI is InChI=1S/C14H20N6/c1-2-11-3-5-12(6-4-11)13(14-16-18-19-17-14)20-9-7-15-8-10-20/h3-6,13,15H,2,7-10H2,1H3,(H,16,17,18,19). The third-order valence-corrected chi connectivity index (χ3v) is 3.83. The van der Waals surface area contributed by atoms with Crippen LogP contribution in [0.2, 0.25) is 0 Å². The number of tetrazole rings is 1. The van der Waals surface area contributed by atoms with E-state index in [-0.39, 0.29) is 6.04 Å². The summed E-state index contributed by atoms with van der Waals surface area (Å²) in [6.07, 6.45) is 1.06. The molecule has 2 N–H and O–H groups in total. The van der Waals surface area contributed by atoms with Gasteiger partial charge < -0.3 is 5.32 Å². The lowest BCUT2D eigenvalue weighted by Gasteiger charge is -2.33. The smallest absolute Gasteiger partial charge is 0.196 e. The predicted octanol–water partition coefficient (Wildman–Crippen LogP) is 0.757. The van der Waals surface area contributed by atoms with Gasteiger partial charge in [-0.2, -0.15) is 5.21 Å². The van der Waals surface area contributed by atoms with Crippen molar-refractivity contribution in [3.8, 4) is 0 Å². The Balaban J connectivity index is 1.91. The van der Waals surface area contributed by atoms with E-state index in [2.05, 4.69) is 62.0 Å². The number of hydrogen-bond donors (Lipinski definition) is 2. The maximum absolute atomic E-state index is 4.20. The summed E-state index contributed by atoms with van der Waals surface area (Å²) in [5.41, 5.74) is 2.58. The number of hydrogen-bond acceptors (Lipinski definition) is 5. The van der Waals surface area contributed by atoms with Crippen LogP contribution in [0, 0.1) is 0 Å². The first-order chi connectivity index (χ1) is 9.88. The predicted molar refractivity (Wildman–Crippen MR) is 76.3 cm³/mol. The van der Waals surface area contributed by atoms with Gasteiger partial charge in [0.25, 0.3) is 0 Å². The van der Waals surface area contributed by atoms with Crippen molar-refractivity contribution in [2.24, 2.45) is 0 Å². The maximum Gasteiger partial charge on any atom is 0.196 e. The Labute approximate surface area is 118 Å². The summed E-state index contributed by atoms with van der Waals surface area (Å²) in [5, 5.41) is 18.1. The lowest BCUT2D eigenvalue weighted by Crippen LogP contribution is -2.45. The molecule has 1 aliphatic rings. The van der Waals surface area contributed by atoms with E-state index in [0.717, 1.165) is 38.4 Å². The maximum atomic E-state index is 4.20. The van der Waals surface area contributed by atoms with Gasteiger partial charge in [-0.25, -0.2) is 0 Å². The van der Waals surface area contributed by atoms with Gasteiger partial charge in [0, 0.05) is 26.2 Å². The minimum atomic E-state index is 0.0850. The van der Waals surface area contributed by atoms with Crippen LogP contribution in [0.1, 0.15) is 29.9 Å². The van der Waals surface area contributed by atoms with Crippen molar-refractivity contribution in [2.75, 3.05) is 26.2 Å². The van der Waals surface area contributed by atoms with Gasteiger partial charge in [-0.1, -0.05) is 36.4 Å². The zero-order valence-corrected chi connectivity index (χ0v) is 11.7. The van der Waals surface area contributed by atoms with Gasteiger partial charge >= 0.3 is 0 Å². The fourth-order valence-corrected chi connectivity index (χ4v) is 2.68. The number of aromatic amines is 1. The third kappa shape index (κ3) is 2.71. The number of aromatic nitrogens is 4. The molecule has 1 saturated heterocycles. The molecule has 6 nitrogen and oxygen atoms in total. The Morgan fingerprint density at radius 3 is 2.55 bits per heavy atom. The van der Waals surface area contributed by atoms with Crippen LogP contribution < -0.4 is 5.32 Å². The molecule has 1 aliphatic heterocycles. The van der Waals surface area contributed by atoms with Gasteiger partial charge in [0.1, 0.15) is 0 Å². The van der Waals surface area contributed by atoms with E-state index in [0.29, 0.717) is 0 Å². The van der Waals surface area contributed by atoms with Crippen molar-refractivity contribution in [3.05, 3.63) is 41.2 Å². The van der Waals surface area contributed by atoms with Crippen LogP contribution in [0.5, 0.6) is 0 Å².